The number of nitrogens with zero attached hydrogens (tertiary/aromatic N) is 1. The molecule has 1 aliphatic rings. The minimum Gasteiger partial charge on any atom is -0.370 e. The van der Waals surface area contributed by atoms with Gasteiger partial charge in [0, 0.05) is 19.3 Å². The molecule has 1 amide bonds. The number of thiocarbonyl (C=S) groups is 1. The predicted octanol–water partition coefficient (Wildman–Crippen LogP) is 4.12. The van der Waals surface area contributed by atoms with Crippen molar-refractivity contribution in [1.29, 1.82) is 0 Å². The normalized spacial score (nSPS) is 15.7. The maximum absolute atomic E-state index is 11.7. The van der Waals surface area contributed by atoms with Crippen LogP contribution in [0.25, 0.3) is 6.08 Å². The van der Waals surface area contributed by atoms with Crippen LogP contribution < -0.4 is 10.2 Å². The van der Waals surface area contributed by atoms with E-state index in [2.05, 4.69) is 60.6 Å². The number of hydrogen-bond acceptors (Lipinski definition) is 4. The zero-order valence-electron chi connectivity index (χ0n) is 13.6. The van der Waals surface area contributed by atoms with Gasteiger partial charge >= 0.3 is 0 Å². The molecule has 24 heavy (non-hydrogen) atoms. The Hall–Kier alpha value is -2.11. The van der Waals surface area contributed by atoms with Crippen LogP contribution >= 0.6 is 24.0 Å². The molecule has 0 bridgehead atoms. The Labute approximate surface area is 151 Å². The number of thioether (sulfide) groups is 1. The first-order chi connectivity index (χ1) is 11.5. The van der Waals surface area contributed by atoms with E-state index in [1.54, 1.807) is 0 Å². The minimum atomic E-state index is -0.120. The number of nitrogens with one attached hydrogen (secondary N) is 1. The van der Waals surface area contributed by atoms with Crippen molar-refractivity contribution in [2.24, 2.45) is 0 Å². The van der Waals surface area contributed by atoms with Gasteiger partial charge in [0.15, 0.2) is 0 Å². The van der Waals surface area contributed by atoms with Gasteiger partial charge in [0.2, 0.25) is 0 Å². The van der Waals surface area contributed by atoms with Crippen molar-refractivity contribution in [2.75, 3.05) is 11.9 Å². The highest BCUT2D eigenvalue weighted by molar-refractivity contribution is 8.26. The first-order valence-electron chi connectivity index (χ1n) is 7.63. The van der Waals surface area contributed by atoms with E-state index in [-0.39, 0.29) is 5.91 Å². The largest absolute Gasteiger partial charge is 0.370 e. The first-order valence-corrected chi connectivity index (χ1v) is 8.85. The third kappa shape index (κ3) is 4.04. The topological polar surface area (TPSA) is 32.3 Å². The highest BCUT2D eigenvalue weighted by atomic mass is 32.2. The van der Waals surface area contributed by atoms with E-state index >= 15 is 0 Å². The molecule has 0 radical (unpaired) electrons. The average molecular weight is 355 g/mol. The van der Waals surface area contributed by atoms with Crippen LogP contribution in [0, 0.1) is 6.92 Å². The molecular formula is C19H18N2OS2. The molecule has 1 heterocycles. The lowest BCUT2D eigenvalue weighted by molar-refractivity contribution is -0.115. The molecule has 3 nitrogen and oxygen atoms in total. The molecule has 0 atom stereocenters. The Morgan fingerprint density at radius 1 is 1.12 bits per heavy atom. The summed E-state index contributed by atoms with van der Waals surface area (Å²) in [6.07, 6.45) is 1.86. The molecule has 2 aromatic rings. The van der Waals surface area contributed by atoms with E-state index in [9.17, 15) is 4.79 Å². The molecule has 0 aromatic heterocycles. The molecule has 122 valence electrons. The highest BCUT2D eigenvalue weighted by Gasteiger charge is 2.21. The van der Waals surface area contributed by atoms with Crippen molar-refractivity contribution in [3.8, 4) is 0 Å². The van der Waals surface area contributed by atoms with E-state index in [1.807, 2.05) is 18.2 Å². The molecule has 1 aliphatic heterocycles. The number of rotatable bonds is 4. The van der Waals surface area contributed by atoms with Crippen LogP contribution in [-0.2, 0) is 11.3 Å². The van der Waals surface area contributed by atoms with Crippen LogP contribution in [0.2, 0.25) is 0 Å². The van der Waals surface area contributed by atoms with Crippen LogP contribution in [0.15, 0.2) is 53.4 Å². The lowest BCUT2D eigenvalue weighted by Crippen LogP contribution is -2.17. The van der Waals surface area contributed by atoms with E-state index in [4.69, 9.17) is 12.2 Å². The van der Waals surface area contributed by atoms with Crippen molar-refractivity contribution in [3.63, 3.8) is 0 Å². The minimum absolute atomic E-state index is 0.120. The summed E-state index contributed by atoms with van der Waals surface area (Å²) >= 11 is 6.30. The summed E-state index contributed by atoms with van der Waals surface area (Å²) < 4.78 is 0.515. The maximum Gasteiger partial charge on any atom is 0.263 e. The van der Waals surface area contributed by atoms with Gasteiger partial charge in [-0.25, -0.2) is 0 Å². The van der Waals surface area contributed by atoms with E-state index in [1.165, 1.54) is 22.9 Å². The molecule has 0 saturated carbocycles. The fraction of sp³-hybridized carbons (Fsp3) is 0.158. The lowest BCUT2D eigenvalue weighted by Gasteiger charge is -2.19. The Bertz CT molecular complexity index is 795. The van der Waals surface area contributed by atoms with E-state index in [0.717, 1.165) is 17.8 Å². The lowest BCUT2D eigenvalue weighted by atomic mass is 10.1. The van der Waals surface area contributed by atoms with E-state index < -0.39 is 0 Å². The number of amides is 1. The molecule has 0 spiro atoms. The maximum atomic E-state index is 11.7. The Kier molecular flexibility index (Phi) is 5.02. The van der Waals surface area contributed by atoms with Crippen LogP contribution in [0.4, 0.5) is 5.69 Å². The number of aryl methyl sites for hydroxylation is 1. The summed E-state index contributed by atoms with van der Waals surface area (Å²) in [5, 5.41) is 2.63. The van der Waals surface area contributed by atoms with Crippen LogP contribution in [0.3, 0.4) is 0 Å². The first kappa shape index (κ1) is 16.7. The fourth-order valence-corrected chi connectivity index (χ4v) is 3.50. The molecule has 3 rings (SSSR count). The molecule has 2 aromatic carbocycles. The van der Waals surface area contributed by atoms with Gasteiger partial charge in [-0.3, -0.25) is 4.79 Å². The monoisotopic (exact) mass is 354 g/mol. The Morgan fingerprint density at radius 2 is 1.79 bits per heavy atom. The number of carbonyl (C=O) groups is 1. The standard InChI is InChI=1S/C19H18N2OS2/c1-13-3-5-15(6-4-13)12-21(2)16-9-7-14(8-10-16)11-17-18(22)20-19(23)24-17/h3-11H,12H2,1-2H3,(H,20,22,23). The Balaban J connectivity index is 1.70. The summed E-state index contributed by atoms with van der Waals surface area (Å²) in [4.78, 5) is 14.5. The van der Waals surface area contributed by atoms with Gasteiger partial charge in [0.05, 0.1) is 4.91 Å². The van der Waals surface area contributed by atoms with Crippen molar-refractivity contribution >= 4 is 46.0 Å². The third-order valence-corrected chi connectivity index (χ3v) is 4.98. The molecule has 1 N–H and O–H groups in total. The number of hydrogen-bond donors (Lipinski definition) is 1. The van der Waals surface area contributed by atoms with Crippen LogP contribution in [-0.4, -0.2) is 17.3 Å². The average Bonchev–Trinajstić information content (AvgIpc) is 2.88. The second kappa shape index (κ2) is 7.20. The second-order valence-corrected chi connectivity index (χ2v) is 7.50. The van der Waals surface area contributed by atoms with E-state index in [0.29, 0.717) is 9.23 Å². The second-order valence-electron chi connectivity index (χ2n) is 5.79. The smallest absolute Gasteiger partial charge is 0.263 e. The van der Waals surface area contributed by atoms with Gasteiger partial charge in [-0.15, -0.1) is 0 Å². The number of benzene rings is 2. The van der Waals surface area contributed by atoms with Crippen LogP contribution in [0.5, 0.6) is 0 Å². The molecule has 1 fully saturated rings. The summed E-state index contributed by atoms with van der Waals surface area (Å²) in [7, 11) is 2.08. The van der Waals surface area contributed by atoms with Crippen molar-refractivity contribution in [1.82, 2.24) is 5.32 Å². The van der Waals surface area contributed by atoms with Gasteiger partial charge in [-0.1, -0.05) is 65.9 Å². The van der Waals surface area contributed by atoms with Crippen molar-refractivity contribution in [3.05, 3.63) is 70.1 Å². The Morgan fingerprint density at radius 3 is 2.38 bits per heavy atom. The fourth-order valence-electron chi connectivity index (χ4n) is 2.46. The highest BCUT2D eigenvalue weighted by Crippen LogP contribution is 2.26. The van der Waals surface area contributed by atoms with Gasteiger partial charge in [-0.05, 0) is 36.3 Å². The van der Waals surface area contributed by atoms with Gasteiger partial charge in [0.1, 0.15) is 4.32 Å². The van der Waals surface area contributed by atoms with Gasteiger partial charge < -0.3 is 10.2 Å². The number of anilines is 1. The summed E-state index contributed by atoms with van der Waals surface area (Å²) in [6, 6.07) is 16.7. The molecule has 0 unspecified atom stereocenters. The molecule has 5 heteroatoms. The van der Waals surface area contributed by atoms with Crippen LogP contribution in [0.1, 0.15) is 16.7 Å². The van der Waals surface area contributed by atoms with Gasteiger partial charge in [-0.2, -0.15) is 0 Å². The third-order valence-electron chi connectivity index (χ3n) is 3.81. The molecular weight excluding hydrogens is 336 g/mol. The summed E-state index contributed by atoms with van der Waals surface area (Å²) in [5.41, 5.74) is 4.68. The quantitative estimate of drug-likeness (QED) is 0.661. The predicted molar refractivity (Wildman–Crippen MR) is 106 cm³/mol. The number of carbonyl (C=O) groups excluding carboxylic acids is 1. The van der Waals surface area contributed by atoms with Crippen molar-refractivity contribution < 1.29 is 4.79 Å². The molecule has 1 saturated heterocycles. The summed E-state index contributed by atoms with van der Waals surface area (Å²) in [5.74, 6) is -0.120. The van der Waals surface area contributed by atoms with Crippen molar-refractivity contribution in [2.45, 2.75) is 13.5 Å². The zero-order valence-corrected chi connectivity index (χ0v) is 15.2. The molecule has 0 aliphatic carbocycles. The SMILES string of the molecule is Cc1ccc(CN(C)c2ccc(C=C3SC(=S)NC3=O)cc2)cc1. The van der Waals surface area contributed by atoms with Gasteiger partial charge in [0.25, 0.3) is 5.91 Å². The zero-order chi connectivity index (χ0) is 17.1. The summed E-state index contributed by atoms with van der Waals surface area (Å²) in [6.45, 7) is 2.95.